The highest BCUT2D eigenvalue weighted by atomic mass is 35.5. The lowest BCUT2D eigenvalue weighted by molar-refractivity contribution is 0.142. The summed E-state index contributed by atoms with van der Waals surface area (Å²) in [5, 5.41) is 13.8. The smallest absolute Gasteiger partial charge is 0.416 e. The van der Waals surface area contributed by atoms with Crippen molar-refractivity contribution in [2.24, 2.45) is 0 Å². The predicted octanol–water partition coefficient (Wildman–Crippen LogP) is 4.26. The Labute approximate surface area is 198 Å². The summed E-state index contributed by atoms with van der Waals surface area (Å²) in [5.41, 5.74) is 1.56. The summed E-state index contributed by atoms with van der Waals surface area (Å²) in [6.45, 7) is 3.19. The molecular formula is C21H19Cl2FN6O3. The molecule has 9 nitrogen and oxygen atoms in total. The molecule has 1 saturated heterocycles. The molecule has 0 bridgehead atoms. The first-order valence-electron chi connectivity index (χ1n) is 9.95. The van der Waals surface area contributed by atoms with Gasteiger partial charge in [0.15, 0.2) is 11.6 Å². The zero-order chi connectivity index (χ0) is 23.7. The number of aliphatic hydroxyl groups excluding tert-OH is 1. The van der Waals surface area contributed by atoms with E-state index in [9.17, 15) is 14.3 Å². The fourth-order valence-corrected chi connectivity index (χ4v) is 3.57. The van der Waals surface area contributed by atoms with Crippen LogP contribution in [0.2, 0.25) is 10.0 Å². The van der Waals surface area contributed by atoms with Gasteiger partial charge in [-0.1, -0.05) is 29.3 Å². The van der Waals surface area contributed by atoms with E-state index in [0.29, 0.717) is 15.9 Å². The third kappa shape index (κ3) is 4.82. The first-order chi connectivity index (χ1) is 15.7. The van der Waals surface area contributed by atoms with Crippen LogP contribution < -0.4 is 10.2 Å². The Hall–Kier alpha value is -3.08. The highest BCUT2D eigenvalue weighted by molar-refractivity contribution is 6.42. The van der Waals surface area contributed by atoms with Gasteiger partial charge in [-0.2, -0.15) is 4.98 Å². The monoisotopic (exact) mass is 492 g/mol. The van der Waals surface area contributed by atoms with E-state index >= 15 is 0 Å². The molecule has 3 atom stereocenters. The van der Waals surface area contributed by atoms with Crippen molar-refractivity contribution in [3.8, 4) is 11.1 Å². The topological polar surface area (TPSA) is 113 Å². The number of halogens is 3. The molecular weight excluding hydrogens is 474 g/mol. The number of aliphatic hydroxyl groups is 1. The van der Waals surface area contributed by atoms with Crippen LogP contribution in [0.1, 0.15) is 25.7 Å². The van der Waals surface area contributed by atoms with Crippen LogP contribution in [0.3, 0.4) is 0 Å². The van der Waals surface area contributed by atoms with E-state index in [1.807, 2.05) is 6.07 Å². The Morgan fingerprint density at radius 1 is 1.15 bits per heavy atom. The second-order valence-electron chi connectivity index (χ2n) is 7.44. The van der Waals surface area contributed by atoms with Gasteiger partial charge in [0.05, 0.1) is 28.4 Å². The third-order valence-electron chi connectivity index (χ3n) is 5.07. The number of benzene rings is 1. The lowest BCUT2D eigenvalue weighted by Crippen LogP contribution is -2.42. The van der Waals surface area contributed by atoms with Gasteiger partial charge in [0.25, 0.3) is 0 Å². The number of ether oxygens (including phenoxy) is 1. The first kappa shape index (κ1) is 23.1. The molecule has 1 amide bonds. The second-order valence-corrected chi connectivity index (χ2v) is 8.26. The normalized spacial score (nSPS) is 17.6. The maximum atomic E-state index is 14.4. The number of nitrogens with zero attached hydrogens (tertiary/aromatic N) is 5. The molecule has 1 aliphatic rings. The van der Waals surface area contributed by atoms with Gasteiger partial charge in [0, 0.05) is 18.0 Å². The van der Waals surface area contributed by atoms with Crippen LogP contribution in [0.15, 0.2) is 36.8 Å². The maximum Gasteiger partial charge on any atom is 0.416 e. The van der Waals surface area contributed by atoms with E-state index in [1.165, 1.54) is 6.92 Å². The predicted molar refractivity (Wildman–Crippen MR) is 121 cm³/mol. The fraction of sp³-hybridized carbons (Fsp3) is 0.286. The molecule has 3 aromatic rings. The molecule has 3 heterocycles. The molecule has 0 unspecified atom stereocenters. The van der Waals surface area contributed by atoms with Crippen molar-refractivity contribution in [2.45, 2.75) is 32.0 Å². The van der Waals surface area contributed by atoms with Gasteiger partial charge < -0.3 is 15.2 Å². The van der Waals surface area contributed by atoms with Crippen molar-refractivity contribution in [2.75, 3.05) is 16.8 Å². The molecule has 1 aliphatic heterocycles. The lowest BCUT2D eigenvalue weighted by atomic mass is 10.1. The minimum atomic E-state index is -0.941. The molecule has 0 saturated carbocycles. The van der Waals surface area contributed by atoms with Crippen LogP contribution in [0.4, 0.5) is 21.0 Å². The molecule has 172 valence electrons. The van der Waals surface area contributed by atoms with Gasteiger partial charge in [0.2, 0.25) is 5.95 Å². The molecule has 33 heavy (non-hydrogen) atoms. The van der Waals surface area contributed by atoms with E-state index in [-0.39, 0.29) is 18.4 Å². The molecule has 1 aromatic carbocycles. The van der Waals surface area contributed by atoms with Crippen LogP contribution >= 0.6 is 23.2 Å². The molecule has 12 heteroatoms. The Kier molecular flexibility index (Phi) is 6.59. The van der Waals surface area contributed by atoms with E-state index < -0.39 is 30.1 Å². The zero-order valence-corrected chi connectivity index (χ0v) is 19.0. The van der Waals surface area contributed by atoms with E-state index in [4.69, 9.17) is 27.9 Å². The van der Waals surface area contributed by atoms with E-state index in [0.717, 1.165) is 22.2 Å². The minimum Gasteiger partial charge on any atom is -0.447 e. The number of nitrogens with one attached hydrogen (secondary N) is 1. The zero-order valence-electron chi connectivity index (χ0n) is 17.5. The van der Waals surface area contributed by atoms with Gasteiger partial charge in [-0.25, -0.2) is 29.0 Å². The summed E-state index contributed by atoms with van der Waals surface area (Å²) >= 11 is 12.0. The van der Waals surface area contributed by atoms with E-state index in [2.05, 4.69) is 25.3 Å². The summed E-state index contributed by atoms with van der Waals surface area (Å²) in [5.74, 6) is -0.611. The summed E-state index contributed by atoms with van der Waals surface area (Å²) in [4.78, 5) is 29.9. The maximum absolute atomic E-state index is 14.4. The molecule has 0 radical (unpaired) electrons. The number of cyclic esters (lactones) is 1. The number of amides is 1. The fourth-order valence-electron chi connectivity index (χ4n) is 3.28. The molecule has 1 fully saturated rings. The van der Waals surface area contributed by atoms with Crippen molar-refractivity contribution in [1.29, 1.82) is 0 Å². The van der Waals surface area contributed by atoms with Crippen LogP contribution in [0.5, 0.6) is 0 Å². The highest BCUT2D eigenvalue weighted by Crippen LogP contribution is 2.29. The van der Waals surface area contributed by atoms with Crippen molar-refractivity contribution < 1.29 is 19.0 Å². The van der Waals surface area contributed by atoms with E-state index in [1.54, 1.807) is 31.5 Å². The Bertz CT molecular complexity index is 1180. The van der Waals surface area contributed by atoms with Crippen molar-refractivity contribution in [1.82, 2.24) is 19.9 Å². The number of anilines is 2. The Morgan fingerprint density at radius 2 is 1.88 bits per heavy atom. The summed E-state index contributed by atoms with van der Waals surface area (Å²) in [6.07, 6.45) is 2.49. The minimum absolute atomic E-state index is 0.0557. The van der Waals surface area contributed by atoms with Crippen molar-refractivity contribution in [3.05, 3.63) is 58.5 Å². The SMILES string of the molecule is C[C@H](Nc1ncc(F)c(N2C(=O)OC[C@@H]2[C@@H](C)O)n1)c1ncc(-c2ccc(Cl)c(Cl)c2)cn1. The Balaban J connectivity index is 1.53. The number of carbonyl (C=O) groups excluding carboxylic acids is 1. The third-order valence-corrected chi connectivity index (χ3v) is 5.81. The largest absolute Gasteiger partial charge is 0.447 e. The quantitative estimate of drug-likeness (QED) is 0.524. The summed E-state index contributed by atoms with van der Waals surface area (Å²) in [6, 6.07) is 4.03. The average molecular weight is 493 g/mol. The van der Waals surface area contributed by atoms with Crippen molar-refractivity contribution >= 4 is 41.1 Å². The number of carbonyl (C=O) groups is 1. The summed E-state index contributed by atoms with van der Waals surface area (Å²) in [7, 11) is 0. The van der Waals surface area contributed by atoms with Gasteiger partial charge in [-0.15, -0.1) is 0 Å². The summed E-state index contributed by atoms with van der Waals surface area (Å²) < 4.78 is 19.4. The van der Waals surface area contributed by atoms with Gasteiger partial charge in [-0.3, -0.25) is 0 Å². The molecule has 2 N–H and O–H groups in total. The van der Waals surface area contributed by atoms with Gasteiger partial charge >= 0.3 is 6.09 Å². The second kappa shape index (κ2) is 9.42. The van der Waals surface area contributed by atoms with Crippen molar-refractivity contribution in [3.63, 3.8) is 0 Å². The molecule has 2 aromatic heterocycles. The average Bonchev–Trinajstić information content (AvgIpc) is 3.18. The first-order valence-corrected chi connectivity index (χ1v) is 10.7. The molecule has 0 aliphatic carbocycles. The van der Waals surface area contributed by atoms with Crippen LogP contribution in [-0.4, -0.2) is 49.9 Å². The van der Waals surface area contributed by atoms with Crippen LogP contribution in [0.25, 0.3) is 11.1 Å². The van der Waals surface area contributed by atoms with Gasteiger partial charge in [0.1, 0.15) is 18.5 Å². The number of hydrogen-bond donors (Lipinski definition) is 2. The van der Waals surface area contributed by atoms with Crippen LogP contribution in [0, 0.1) is 5.82 Å². The standard InChI is InChI=1S/C21H19Cl2FN6O3/c1-10(18-25-6-13(7-26-18)12-3-4-14(22)15(23)5-12)28-20-27-8-16(24)19(29-20)30-17(11(2)31)9-33-21(30)32/h3-8,10-11,17,31H,9H2,1-2H3,(H,27,28,29)/t10-,11+,17+/m0/s1. The lowest BCUT2D eigenvalue weighted by Gasteiger charge is -2.23. The number of aromatic nitrogens is 4. The molecule has 4 rings (SSSR count). The molecule has 0 spiro atoms. The number of hydrogen-bond acceptors (Lipinski definition) is 8. The number of rotatable bonds is 6. The van der Waals surface area contributed by atoms with Gasteiger partial charge in [-0.05, 0) is 31.5 Å². The highest BCUT2D eigenvalue weighted by Gasteiger charge is 2.39. The van der Waals surface area contributed by atoms with Crippen LogP contribution in [-0.2, 0) is 4.74 Å². The Morgan fingerprint density at radius 3 is 2.55 bits per heavy atom.